The van der Waals surface area contributed by atoms with Crippen LogP contribution in [0.4, 0.5) is 0 Å². The van der Waals surface area contributed by atoms with E-state index >= 15 is 0 Å². The summed E-state index contributed by atoms with van der Waals surface area (Å²) in [7, 11) is 3.26. The number of hydrogen-bond donors (Lipinski definition) is 0. The monoisotopic (exact) mass is 479 g/mol. The number of methoxy groups -OCH3 is 2. The molecular weight excluding hydrogens is 458 g/mol. The van der Waals surface area contributed by atoms with Crippen molar-refractivity contribution in [1.82, 2.24) is 14.3 Å². The van der Waals surface area contributed by atoms with Crippen molar-refractivity contribution < 1.29 is 14.3 Å². The minimum absolute atomic E-state index is 0.0872. The van der Waals surface area contributed by atoms with E-state index in [1.807, 2.05) is 57.3 Å². The second-order valence-corrected chi connectivity index (χ2v) is 8.99. The SMILES string of the molecule is COc1cc2c(cc1OC)C(c1cccs1)N(C(=O)/C=C/c1c(Cl)nc3ccccn13)CC2. The van der Waals surface area contributed by atoms with Crippen molar-refractivity contribution in [2.45, 2.75) is 12.5 Å². The summed E-state index contributed by atoms with van der Waals surface area (Å²) in [6.07, 6.45) is 5.92. The first-order valence-electron chi connectivity index (χ1n) is 10.5. The van der Waals surface area contributed by atoms with Crippen LogP contribution in [-0.2, 0) is 11.2 Å². The Labute approximate surface area is 200 Å². The minimum Gasteiger partial charge on any atom is -0.493 e. The molecule has 0 aliphatic carbocycles. The van der Waals surface area contributed by atoms with Gasteiger partial charge < -0.3 is 14.4 Å². The Bertz CT molecular complexity index is 1350. The van der Waals surface area contributed by atoms with Crippen molar-refractivity contribution in [3.8, 4) is 11.5 Å². The number of ether oxygens (including phenoxy) is 2. The van der Waals surface area contributed by atoms with Gasteiger partial charge in [0.15, 0.2) is 16.7 Å². The Kier molecular flexibility index (Phi) is 5.83. The van der Waals surface area contributed by atoms with Gasteiger partial charge in [0.2, 0.25) is 5.91 Å². The Morgan fingerprint density at radius 3 is 2.76 bits per heavy atom. The molecule has 1 aliphatic rings. The summed E-state index contributed by atoms with van der Waals surface area (Å²) in [5, 5.41) is 2.39. The van der Waals surface area contributed by atoms with Crippen molar-refractivity contribution in [2.24, 2.45) is 0 Å². The molecule has 3 aromatic heterocycles. The number of hydrogen-bond acceptors (Lipinski definition) is 5. The lowest BCUT2D eigenvalue weighted by Gasteiger charge is -2.37. The van der Waals surface area contributed by atoms with Gasteiger partial charge in [0.05, 0.1) is 26.0 Å². The van der Waals surface area contributed by atoms with Crippen molar-refractivity contribution in [3.63, 3.8) is 0 Å². The van der Waals surface area contributed by atoms with E-state index in [2.05, 4.69) is 11.1 Å². The van der Waals surface area contributed by atoms with Gasteiger partial charge in [-0.15, -0.1) is 11.3 Å². The van der Waals surface area contributed by atoms with Crippen LogP contribution in [0.2, 0.25) is 5.15 Å². The lowest BCUT2D eigenvalue weighted by atomic mass is 9.90. The van der Waals surface area contributed by atoms with Crippen LogP contribution in [0.3, 0.4) is 0 Å². The number of nitrogens with zero attached hydrogens (tertiary/aromatic N) is 3. The average Bonchev–Trinajstić information content (AvgIpc) is 3.48. The number of halogens is 1. The number of carbonyl (C=O) groups is 1. The van der Waals surface area contributed by atoms with Gasteiger partial charge in [0.1, 0.15) is 5.65 Å². The van der Waals surface area contributed by atoms with Gasteiger partial charge in [-0.25, -0.2) is 4.98 Å². The minimum atomic E-state index is -0.205. The molecule has 1 atom stereocenters. The predicted molar refractivity (Wildman–Crippen MR) is 130 cm³/mol. The summed E-state index contributed by atoms with van der Waals surface area (Å²) in [6, 6.07) is 13.5. The van der Waals surface area contributed by atoms with Crippen molar-refractivity contribution in [3.05, 3.63) is 87.0 Å². The van der Waals surface area contributed by atoms with E-state index in [-0.39, 0.29) is 11.9 Å². The molecule has 6 nitrogen and oxygen atoms in total. The largest absolute Gasteiger partial charge is 0.493 e. The van der Waals surface area contributed by atoms with E-state index in [9.17, 15) is 4.79 Å². The standard InChI is InChI=1S/C25H22ClN3O3S/c1-31-19-14-16-10-12-29(24(21-6-5-13-33-21)17(16)15-20(19)32-2)23(30)9-8-18-25(26)27-22-7-3-4-11-28(18)22/h3-9,11,13-15,24H,10,12H2,1-2H3/b9-8+. The van der Waals surface area contributed by atoms with Crippen LogP contribution in [0.5, 0.6) is 11.5 Å². The molecule has 0 saturated heterocycles. The lowest BCUT2D eigenvalue weighted by molar-refractivity contribution is -0.127. The summed E-state index contributed by atoms with van der Waals surface area (Å²) < 4.78 is 12.9. The molecule has 0 radical (unpaired) electrons. The molecule has 0 spiro atoms. The fourth-order valence-electron chi connectivity index (χ4n) is 4.32. The first-order valence-corrected chi connectivity index (χ1v) is 11.8. The number of aromatic nitrogens is 2. The lowest BCUT2D eigenvalue weighted by Crippen LogP contribution is -2.39. The molecule has 8 heteroatoms. The van der Waals surface area contributed by atoms with Crippen molar-refractivity contribution in [2.75, 3.05) is 20.8 Å². The number of imidazole rings is 1. The topological polar surface area (TPSA) is 56.1 Å². The maximum atomic E-state index is 13.4. The normalized spacial score (nSPS) is 15.7. The van der Waals surface area contributed by atoms with E-state index in [1.54, 1.807) is 37.7 Å². The Morgan fingerprint density at radius 2 is 2.00 bits per heavy atom. The highest BCUT2D eigenvalue weighted by atomic mass is 35.5. The van der Waals surface area contributed by atoms with Gasteiger partial charge >= 0.3 is 0 Å². The number of thiophene rings is 1. The molecule has 1 aliphatic heterocycles. The fraction of sp³-hybridized carbons (Fsp3) is 0.200. The molecule has 1 aromatic carbocycles. The molecule has 4 heterocycles. The van der Waals surface area contributed by atoms with Crippen LogP contribution >= 0.6 is 22.9 Å². The molecule has 1 amide bonds. The maximum absolute atomic E-state index is 13.4. The van der Waals surface area contributed by atoms with Gasteiger partial charge in [-0.05, 0) is 59.3 Å². The molecule has 0 saturated carbocycles. The van der Waals surface area contributed by atoms with Crippen LogP contribution in [0, 0.1) is 0 Å². The summed E-state index contributed by atoms with van der Waals surface area (Å²) in [4.78, 5) is 20.8. The second-order valence-electron chi connectivity index (χ2n) is 7.66. The number of fused-ring (bicyclic) bond motifs is 2. The highest BCUT2D eigenvalue weighted by molar-refractivity contribution is 7.10. The summed E-state index contributed by atoms with van der Waals surface area (Å²) in [5.74, 6) is 1.26. The van der Waals surface area contributed by atoms with Crippen LogP contribution in [-0.4, -0.2) is 41.0 Å². The van der Waals surface area contributed by atoms with Crippen LogP contribution < -0.4 is 9.47 Å². The molecule has 0 bridgehead atoms. The van der Waals surface area contributed by atoms with Crippen LogP contribution in [0.25, 0.3) is 11.7 Å². The third-order valence-corrected chi connectivity index (χ3v) is 7.08. The van der Waals surface area contributed by atoms with E-state index < -0.39 is 0 Å². The zero-order valence-corrected chi connectivity index (χ0v) is 19.8. The Balaban J connectivity index is 1.53. The van der Waals surface area contributed by atoms with Gasteiger partial charge in [0, 0.05) is 23.7 Å². The van der Waals surface area contributed by atoms with Gasteiger partial charge in [-0.3, -0.25) is 9.20 Å². The molecule has 0 fully saturated rings. The Hall–Kier alpha value is -3.29. The van der Waals surface area contributed by atoms with Gasteiger partial charge in [-0.1, -0.05) is 23.7 Å². The predicted octanol–water partition coefficient (Wildman–Crippen LogP) is 5.25. The number of carbonyl (C=O) groups excluding carboxylic acids is 1. The third-order valence-electron chi connectivity index (χ3n) is 5.88. The van der Waals surface area contributed by atoms with Crippen molar-refractivity contribution >= 4 is 40.6 Å². The zero-order chi connectivity index (χ0) is 22.9. The summed E-state index contributed by atoms with van der Waals surface area (Å²) in [5.41, 5.74) is 3.62. The van der Waals surface area contributed by atoms with E-state index in [4.69, 9.17) is 21.1 Å². The molecule has 168 valence electrons. The second kappa shape index (κ2) is 8.92. The third kappa shape index (κ3) is 3.87. The van der Waals surface area contributed by atoms with Gasteiger partial charge in [0.25, 0.3) is 0 Å². The number of amides is 1. The van der Waals surface area contributed by atoms with E-state index in [0.717, 1.165) is 28.1 Å². The molecule has 5 rings (SSSR count). The summed E-state index contributed by atoms with van der Waals surface area (Å²) >= 11 is 7.98. The molecule has 1 unspecified atom stereocenters. The molecule has 33 heavy (non-hydrogen) atoms. The average molecular weight is 480 g/mol. The first-order chi connectivity index (χ1) is 16.1. The van der Waals surface area contributed by atoms with Crippen molar-refractivity contribution in [1.29, 1.82) is 0 Å². The molecular formula is C25H22ClN3O3S. The number of rotatable bonds is 5. The van der Waals surface area contributed by atoms with Gasteiger partial charge in [-0.2, -0.15) is 0 Å². The van der Waals surface area contributed by atoms with Crippen LogP contribution in [0.1, 0.15) is 27.7 Å². The van der Waals surface area contributed by atoms with E-state index in [0.29, 0.717) is 28.9 Å². The smallest absolute Gasteiger partial charge is 0.247 e. The number of benzene rings is 1. The molecule has 4 aromatic rings. The van der Waals surface area contributed by atoms with Crippen LogP contribution in [0.15, 0.2) is 60.1 Å². The highest BCUT2D eigenvalue weighted by Crippen LogP contribution is 2.42. The highest BCUT2D eigenvalue weighted by Gasteiger charge is 2.33. The zero-order valence-electron chi connectivity index (χ0n) is 18.2. The quantitative estimate of drug-likeness (QED) is 0.367. The maximum Gasteiger partial charge on any atom is 0.247 e. The Morgan fingerprint density at radius 1 is 1.18 bits per heavy atom. The number of pyridine rings is 1. The molecule has 0 N–H and O–H groups in total. The van der Waals surface area contributed by atoms with E-state index in [1.165, 1.54) is 0 Å². The summed E-state index contributed by atoms with van der Waals surface area (Å²) in [6.45, 7) is 0.592. The first kappa shape index (κ1) is 21.6. The fourth-order valence-corrected chi connectivity index (χ4v) is 5.41.